The molecule has 166 valence electrons. The molecule has 0 bridgehead atoms. The van der Waals surface area contributed by atoms with E-state index in [2.05, 4.69) is 32.3 Å². The van der Waals surface area contributed by atoms with Crippen LogP contribution in [0.25, 0.3) is 5.52 Å². The van der Waals surface area contributed by atoms with Crippen LogP contribution in [-0.2, 0) is 11.3 Å². The highest BCUT2D eigenvalue weighted by atomic mass is 16.2. The average Bonchev–Trinajstić information content (AvgIpc) is 3.19. The Morgan fingerprint density at radius 1 is 1.00 bits per heavy atom. The maximum absolute atomic E-state index is 12.3. The highest BCUT2D eigenvalue weighted by Gasteiger charge is 2.27. The van der Waals surface area contributed by atoms with Gasteiger partial charge in [0.25, 0.3) is 0 Å². The number of carbonyl (C=O) groups excluding carboxylic acids is 2. The quantitative estimate of drug-likeness (QED) is 0.798. The third-order valence-corrected chi connectivity index (χ3v) is 7.02. The van der Waals surface area contributed by atoms with E-state index in [0.29, 0.717) is 13.0 Å². The van der Waals surface area contributed by atoms with Crippen LogP contribution in [-0.4, -0.2) is 70.6 Å². The molecule has 3 aliphatic rings. The molecule has 3 fully saturated rings. The minimum absolute atomic E-state index is 0.221. The lowest BCUT2D eigenvalue weighted by Crippen LogP contribution is -2.49. The molecule has 1 saturated carbocycles. The zero-order valence-electron chi connectivity index (χ0n) is 18.1. The second-order valence-electron chi connectivity index (χ2n) is 9.23. The number of pyridine rings is 1. The van der Waals surface area contributed by atoms with Crippen molar-refractivity contribution in [2.45, 2.75) is 45.1 Å². The summed E-state index contributed by atoms with van der Waals surface area (Å²) in [5.41, 5.74) is 2.88. The lowest BCUT2D eigenvalue weighted by Gasteiger charge is -2.37. The molecule has 2 aliphatic heterocycles. The second kappa shape index (κ2) is 8.96. The number of hydrogen-bond donors (Lipinski definition) is 1. The molecule has 2 aromatic heterocycles. The van der Waals surface area contributed by atoms with Crippen LogP contribution < -0.4 is 10.2 Å². The van der Waals surface area contributed by atoms with Crippen molar-refractivity contribution in [3.63, 3.8) is 0 Å². The second-order valence-corrected chi connectivity index (χ2v) is 9.23. The van der Waals surface area contributed by atoms with Crippen LogP contribution in [0.5, 0.6) is 0 Å². The van der Waals surface area contributed by atoms with Crippen LogP contribution in [0.2, 0.25) is 0 Å². The molecule has 2 saturated heterocycles. The largest absolute Gasteiger partial charge is 0.328 e. The molecule has 0 radical (unpaired) electrons. The number of anilines is 1. The van der Waals surface area contributed by atoms with Gasteiger partial charge in [-0.3, -0.25) is 19.9 Å². The van der Waals surface area contributed by atoms with Crippen molar-refractivity contribution in [3.05, 3.63) is 30.1 Å². The van der Waals surface area contributed by atoms with E-state index in [4.69, 9.17) is 0 Å². The van der Waals surface area contributed by atoms with Gasteiger partial charge in [0.15, 0.2) is 0 Å². The van der Waals surface area contributed by atoms with E-state index in [1.165, 1.54) is 44.2 Å². The van der Waals surface area contributed by atoms with Gasteiger partial charge in [-0.15, -0.1) is 0 Å². The number of imide groups is 1. The SMILES string of the molecule is O=C1CCN(c2cnn3ccc(CN4CCN(CC5CCCCC5)CC4)cc23)C(=O)N1. The predicted molar refractivity (Wildman–Crippen MR) is 119 cm³/mol. The van der Waals surface area contributed by atoms with Gasteiger partial charge in [-0.2, -0.15) is 5.10 Å². The van der Waals surface area contributed by atoms with Crippen molar-refractivity contribution in [2.24, 2.45) is 5.92 Å². The summed E-state index contributed by atoms with van der Waals surface area (Å²) < 4.78 is 1.80. The Bertz CT molecular complexity index is 943. The molecule has 5 rings (SSSR count). The van der Waals surface area contributed by atoms with Gasteiger partial charge in [-0.25, -0.2) is 9.31 Å². The van der Waals surface area contributed by atoms with E-state index in [1.807, 2.05) is 6.20 Å². The fraction of sp³-hybridized carbons (Fsp3) is 0.609. The molecule has 2 aromatic rings. The highest BCUT2D eigenvalue weighted by Crippen LogP contribution is 2.26. The molecule has 1 N–H and O–H groups in total. The summed E-state index contributed by atoms with van der Waals surface area (Å²) in [7, 11) is 0. The standard InChI is InChI=1S/C23H32N6O2/c30-22-7-8-28(23(31)25-22)21-15-24-29-9-6-19(14-20(21)29)17-27-12-10-26(11-13-27)16-18-4-2-1-3-5-18/h6,9,14-15,18H,1-5,7-8,10-13,16-17H2,(H,25,30,31). The van der Waals surface area contributed by atoms with Crippen molar-refractivity contribution in [1.82, 2.24) is 24.7 Å². The molecule has 0 unspecified atom stereocenters. The Labute approximate surface area is 183 Å². The smallest absolute Gasteiger partial charge is 0.301 e. The predicted octanol–water partition coefficient (Wildman–Crippen LogP) is 2.48. The molecule has 31 heavy (non-hydrogen) atoms. The fourth-order valence-electron chi connectivity index (χ4n) is 5.23. The van der Waals surface area contributed by atoms with Gasteiger partial charge in [-0.05, 0) is 36.5 Å². The molecule has 8 heteroatoms. The van der Waals surface area contributed by atoms with Gasteiger partial charge < -0.3 is 4.90 Å². The summed E-state index contributed by atoms with van der Waals surface area (Å²) >= 11 is 0. The molecule has 4 heterocycles. The summed E-state index contributed by atoms with van der Waals surface area (Å²) in [4.78, 5) is 30.5. The molecule has 1 aliphatic carbocycles. The van der Waals surface area contributed by atoms with E-state index >= 15 is 0 Å². The first kappa shape index (κ1) is 20.5. The minimum atomic E-state index is -0.370. The van der Waals surface area contributed by atoms with E-state index in [-0.39, 0.29) is 11.9 Å². The third kappa shape index (κ3) is 4.60. The molecule has 3 amide bonds. The lowest BCUT2D eigenvalue weighted by atomic mass is 9.89. The zero-order valence-corrected chi connectivity index (χ0v) is 18.1. The maximum atomic E-state index is 12.3. The van der Waals surface area contributed by atoms with Crippen LogP contribution in [0.1, 0.15) is 44.1 Å². The first-order chi connectivity index (χ1) is 15.2. The van der Waals surface area contributed by atoms with Crippen LogP contribution in [0, 0.1) is 5.92 Å². The average molecular weight is 425 g/mol. The van der Waals surface area contributed by atoms with Gasteiger partial charge in [0.2, 0.25) is 5.91 Å². The number of amides is 3. The van der Waals surface area contributed by atoms with E-state index in [0.717, 1.165) is 49.8 Å². The number of fused-ring (bicyclic) bond motifs is 1. The zero-order chi connectivity index (χ0) is 21.2. The minimum Gasteiger partial charge on any atom is -0.301 e. The normalized spacial score (nSPS) is 22.3. The highest BCUT2D eigenvalue weighted by molar-refractivity contribution is 6.07. The van der Waals surface area contributed by atoms with Gasteiger partial charge in [0, 0.05) is 58.4 Å². The first-order valence-corrected chi connectivity index (χ1v) is 11.7. The van der Waals surface area contributed by atoms with Gasteiger partial charge >= 0.3 is 6.03 Å². The van der Waals surface area contributed by atoms with Crippen molar-refractivity contribution in [3.8, 4) is 0 Å². The van der Waals surface area contributed by atoms with Crippen molar-refractivity contribution < 1.29 is 9.59 Å². The van der Waals surface area contributed by atoms with E-state index in [1.54, 1.807) is 15.6 Å². The summed E-state index contributed by atoms with van der Waals surface area (Å²) in [5.74, 6) is 0.686. The maximum Gasteiger partial charge on any atom is 0.328 e. The van der Waals surface area contributed by atoms with Gasteiger partial charge in [0.1, 0.15) is 0 Å². The Kier molecular flexibility index (Phi) is 5.91. The molecule has 0 spiro atoms. The number of hydrogen-bond acceptors (Lipinski definition) is 5. The summed E-state index contributed by atoms with van der Waals surface area (Å²) in [6, 6.07) is 3.86. The van der Waals surface area contributed by atoms with Gasteiger partial charge in [0.05, 0.1) is 17.4 Å². The number of rotatable bonds is 5. The summed E-state index contributed by atoms with van der Waals surface area (Å²) in [6.07, 6.45) is 11.1. The first-order valence-electron chi connectivity index (χ1n) is 11.7. The Hall–Kier alpha value is -2.45. The summed E-state index contributed by atoms with van der Waals surface area (Å²) in [6.45, 7) is 7.07. The van der Waals surface area contributed by atoms with Crippen LogP contribution in [0.15, 0.2) is 24.5 Å². The molecule has 0 aromatic carbocycles. The molecular weight excluding hydrogens is 392 g/mol. The van der Waals surface area contributed by atoms with Crippen LogP contribution in [0.4, 0.5) is 10.5 Å². The van der Waals surface area contributed by atoms with E-state index < -0.39 is 0 Å². The number of aromatic nitrogens is 2. The third-order valence-electron chi connectivity index (χ3n) is 7.02. The number of urea groups is 1. The van der Waals surface area contributed by atoms with Crippen molar-refractivity contribution >= 4 is 23.1 Å². The lowest BCUT2D eigenvalue weighted by molar-refractivity contribution is -0.120. The van der Waals surface area contributed by atoms with Crippen molar-refractivity contribution in [1.29, 1.82) is 0 Å². The molecule has 0 atom stereocenters. The van der Waals surface area contributed by atoms with E-state index in [9.17, 15) is 9.59 Å². The molecular formula is C23H32N6O2. The van der Waals surface area contributed by atoms with Crippen LogP contribution in [0.3, 0.4) is 0 Å². The monoisotopic (exact) mass is 424 g/mol. The number of nitrogens with zero attached hydrogens (tertiary/aromatic N) is 5. The fourth-order valence-corrected chi connectivity index (χ4v) is 5.23. The van der Waals surface area contributed by atoms with Crippen molar-refractivity contribution in [2.75, 3.05) is 44.2 Å². The summed E-state index contributed by atoms with van der Waals surface area (Å²) in [5, 5.41) is 6.78. The Balaban J connectivity index is 1.21. The topological polar surface area (TPSA) is 73.2 Å². The Morgan fingerprint density at radius 3 is 2.55 bits per heavy atom. The number of nitrogens with one attached hydrogen (secondary N) is 1. The molecule has 8 nitrogen and oxygen atoms in total. The van der Waals surface area contributed by atoms with Crippen LogP contribution >= 0.6 is 0 Å². The van der Waals surface area contributed by atoms with Gasteiger partial charge in [-0.1, -0.05) is 19.3 Å². The Morgan fingerprint density at radius 2 is 1.77 bits per heavy atom. The number of piperazine rings is 1. The number of carbonyl (C=O) groups is 2.